The average molecular weight is 235 g/mol. The number of nitrogens with two attached hydrogens (primary N) is 1. The van der Waals surface area contributed by atoms with Gasteiger partial charge in [-0.2, -0.15) is 11.8 Å². The molecule has 3 unspecified atom stereocenters. The zero-order valence-electron chi connectivity index (χ0n) is 10.2. The van der Waals surface area contributed by atoms with Crippen LogP contribution in [-0.4, -0.2) is 40.0 Å². The lowest BCUT2D eigenvalue weighted by Crippen LogP contribution is -2.41. The molecule has 0 rings (SSSR count). The number of hydrogen-bond acceptors (Lipinski definition) is 4. The van der Waals surface area contributed by atoms with E-state index in [1.165, 1.54) is 0 Å². The summed E-state index contributed by atoms with van der Waals surface area (Å²) in [6, 6.07) is 0.140. The van der Waals surface area contributed by atoms with E-state index in [1.807, 2.05) is 0 Å². The van der Waals surface area contributed by atoms with Gasteiger partial charge in [-0.05, 0) is 11.8 Å². The van der Waals surface area contributed by atoms with Gasteiger partial charge < -0.3 is 15.9 Å². The number of thioether (sulfide) groups is 1. The molecular formula is C11H25NO2S. The lowest BCUT2D eigenvalue weighted by Gasteiger charge is -2.34. The largest absolute Gasteiger partial charge is 0.394 e. The van der Waals surface area contributed by atoms with E-state index >= 15 is 0 Å². The van der Waals surface area contributed by atoms with Crippen molar-refractivity contribution in [1.29, 1.82) is 0 Å². The van der Waals surface area contributed by atoms with Gasteiger partial charge in [0.15, 0.2) is 0 Å². The normalized spacial score (nSPS) is 18.6. The Morgan fingerprint density at radius 3 is 2.20 bits per heavy atom. The zero-order valence-corrected chi connectivity index (χ0v) is 11.0. The van der Waals surface area contributed by atoms with Gasteiger partial charge in [-0.15, -0.1) is 0 Å². The molecule has 0 saturated carbocycles. The molecule has 0 aliphatic heterocycles. The predicted molar refractivity (Wildman–Crippen MR) is 67.1 cm³/mol. The molecule has 0 bridgehead atoms. The monoisotopic (exact) mass is 235 g/mol. The van der Waals surface area contributed by atoms with Crippen molar-refractivity contribution < 1.29 is 10.2 Å². The van der Waals surface area contributed by atoms with E-state index in [2.05, 4.69) is 27.7 Å². The predicted octanol–water partition coefficient (Wildman–Crippen LogP) is 1.22. The molecule has 0 aromatic heterocycles. The highest BCUT2D eigenvalue weighted by Gasteiger charge is 2.30. The zero-order chi connectivity index (χ0) is 12.1. The highest BCUT2D eigenvalue weighted by Crippen LogP contribution is 2.33. The van der Waals surface area contributed by atoms with Crippen molar-refractivity contribution in [2.24, 2.45) is 11.1 Å². The van der Waals surface area contributed by atoms with Crippen LogP contribution in [0.15, 0.2) is 0 Å². The van der Waals surface area contributed by atoms with Crippen molar-refractivity contribution in [3.8, 4) is 0 Å². The molecule has 0 aromatic carbocycles. The Balaban J connectivity index is 4.27. The minimum absolute atomic E-state index is 0.120. The molecule has 0 aromatic rings. The van der Waals surface area contributed by atoms with Crippen molar-refractivity contribution in [1.82, 2.24) is 0 Å². The highest BCUT2D eigenvalue weighted by molar-refractivity contribution is 8.00. The van der Waals surface area contributed by atoms with E-state index in [0.29, 0.717) is 11.0 Å². The minimum Gasteiger partial charge on any atom is -0.394 e. The molecule has 0 spiro atoms. The first kappa shape index (κ1) is 15.2. The van der Waals surface area contributed by atoms with E-state index in [-0.39, 0.29) is 18.1 Å². The van der Waals surface area contributed by atoms with E-state index in [4.69, 9.17) is 10.8 Å². The van der Waals surface area contributed by atoms with Crippen LogP contribution in [0.4, 0.5) is 0 Å². The summed E-state index contributed by atoms with van der Waals surface area (Å²) in [7, 11) is 0. The number of hydrogen-bond donors (Lipinski definition) is 3. The summed E-state index contributed by atoms with van der Waals surface area (Å²) in [5.74, 6) is 0.548. The van der Waals surface area contributed by atoms with Crippen LogP contribution in [-0.2, 0) is 0 Å². The van der Waals surface area contributed by atoms with E-state index in [1.54, 1.807) is 11.8 Å². The first-order chi connectivity index (χ1) is 6.82. The molecule has 92 valence electrons. The van der Waals surface area contributed by atoms with E-state index < -0.39 is 6.10 Å². The van der Waals surface area contributed by atoms with Gasteiger partial charge in [-0.25, -0.2) is 0 Å². The standard InChI is InChI=1S/C11H25NO2S/c1-5-9(12)10(11(2,3)4)15-7-8(14)6-13/h8-10,13-14H,5-7,12H2,1-4H3. The SMILES string of the molecule is CCC(N)C(SCC(O)CO)C(C)(C)C. The third-order valence-corrected chi connectivity index (χ3v) is 4.39. The van der Waals surface area contributed by atoms with Gasteiger partial charge >= 0.3 is 0 Å². The first-order valence-corrected chi connectivity index (χ1v) is 6.53. The summed E-state index contributed by atoms with van der Waals surface area (Å²) < 4.78 is 0. The summed E-state index contributed by atoms with van der Waals surface area (Å²) in [6.07, 6.45) is 0.299. The van der Waals surface area contributed by atoms with Crippen LogP contribution in [0.5, 0.6) is 0 Å². The van der Waals surface area contributed by atoms with Crippen molar-refractivity contribution in [3.63, 3.8) is 0 Å². The van der Waals surface area contributed by atoms with Gasteiger partial charge in [0.1, 0.15) is 0 Å². The third-order valence-electron chi connectivity index (χ3n) is 2.39. The van der Waals surface area contributed by atoms with Crippen LogP contribution >= 0.6 is 11.8 Å². The minimum atomic E-state index is -0.635. The lowest BCUT2D eigenvalue weighted by atomic mass is 9.87. The molecule has 15 heavy (non-hydrogen) atoms. The van der Waals surface area contributed by atoms with Crippen molar-refractivity contribution in [2.45, 2.75) is 51.5 Å². The molecule has 0 aliphatic carbocycles. The van der Waals surface area contributed by atoms with Crippen LogP contribution in [0.1, 0.15) is 34.1 Å². The summed E-state index contributed by atoms with van der Waals surface area (Å²) >= 11 is 1.66. The fourth-order valence-corrected chi connectivity index (χ4v) is 2.97. The van der Waals surface area contributed by atoms with Crippen molar-refractivity contribution >= 4 is 11.8 Å². The van der Waals surface area contributed by atoms with Crippen molar-refractivity contribution in [3.05, 3.63) is 0 Å². The Morgan fingerprint density at radius 1 is 1.33 bits per heavy atom. The molecule has 0 aliphatic rings. The van der Waals surface area contributed by atoms with Gasteiger partial charge in [0.2, 0.25) is 0 Å². The Hall–Kier alpha value is 0.230. The Labute approximate surface area is 97.4 Å². The van der Waals surface area contributed by atoms with E-state index in [0.717, 1.165) is 6.42 Å². The molecule has 0 radical (unpaired) electrons. The second kappa shape index (κ2) is 6.74. The Morgan fingerprint density at radius 2 is 1.87 bits per heavy atom. The molecule has 0 heterocycles. The fraction of sp³-hybridized carbons (Fsp3) is 1.00. The second-order valence-corrected chi connectivity index (χ2v) is 6.20. The number of rotatable bonds is 6. The van der Waals surface area contributed by atoms with Gasteiger partial charge in [-0.1, -0.05) is 27.7 Å². The van der Waals surface area contributed by atoms with Crippen LogP contribution in [0.3, 0.4) is 0 Å². The Bertz CT molecular complexity index is 170. The van der Waals surface area contributed by atoms with Crippen molar-refractivity contribution in [2.75, 3.05) is 12.4 Å². The number of aliphatic hydroxyl groups excluding tert-OH is 2. The van der Waals surface area contributed by atoms with Gasteiger partial charge in [0.25, 0.3) is 0 Å². The maximum atomic E-state index is 9.32. The topological polar surface area (TPSA) is 66.5 Å². The van der Waals surface area contributed by atoms with Gasteiger partial charge in [-0.3, -0.25) is 0 Å². The molecular weight excluding hydrogens is 210 g/mol. The molecule has 0 saturated heterocycles. The van der Waals surface area contributed by atoms with Crippen LogP contribution in [0, 0.1) is 5.41 Å². The fourth-order valence-electron chi connectivity index (χ4n) is 1.50. The van der Waals surface area contributed by atoms with E-state index in [9.17, 15) is 5.11 Å². The smallest absolute Gasteiger partial charge is 0.0861 e. The molecule has 0 amide bonds. The maximum Gasteiger partial charge on any atom is 0.0861 e. The summed E-state index contributed by atoms with van der Waals surface area (Å²) in [5, 5.41) is 18.4. The van der Waals surface area contributed by atoms with Gasteiger partial charge in [0, 0.05) is 17.0 Å². The third kappa shape index (κ3) is 5.76. The van der Waals surface area contributed by atoms with Gasteiger partial charge in [0.05, 0.1) is 12.7 Å². The van der Waals surface area contributed by atoms with Crippen LogP contribution < -0.4 is 5.73 Å². The highest BCUT2D eigenvalue weighted by atomic mass is 32.2. The molecule has 0 fully saturated rings. The molecule has 4 heteroatoms. The summed E-state index contributed by atoms with van der Waals surface area (Å²) in [6.45, 7) is 8.38. The maximum absolute atomic E-state index is 9.32. The quantitative estimate of drug-likeness (QED) is 0.648. The second-order valence-electron chi connectivity index (χ2n) is 5.03. The van der Waals surface area contributed by atoms with Crippen LogP contribution in [0.25, 0.3) is 0 Å². The number of aliphatic hydroxyl groups is 2. The molecule has 4 N–H and O–H groups in total. The Kier molecular flexibility index (Phi) is 6.84. The van der Waals surface area contributed by atoms with Crippen LogP contribution in [0.2, 0.25) is 0 Å². The molecule has 3 nitrogen and oxygen atoms in total. The summed E-state index contributed by atoms with van der Waals surface area (Å²) in [5.41, 5.74) is 6.19. The lowest BCUT2D eigenvalue weighted by molar-refractivity contribution is 0.113. The summed E-state index contributed by atoms with van der Waals surface area (Å²) in [4.78, 5) is 0. The average Bonchev–Trinajstić information content (AvgIpc) is 2.15. The first-order valence-electron chi connectivity index (χ1n) is 5.49. The molecule has 3 atom stereocenters.